The Morgan fingerprint density at radius 3 is 2.58 bits per heavy atom. The topological polar surface area (TPSA) is 98.8 Å². The average molecular weight is 491 g/mol. The second-order valence-corrected chi connectivity index (χ2v) is 11.2. The highest BCUT2D eigenvalue weighted by atomic mass is 32.2. The van der Waals surface area contributed by atoms with Gasteiger partial charge >= 0.3 is 5.97 Å². The third kappa shape index (κ3) is 4.97. The smallest absolute Gasteiger partial charge is 0.309 e. The molecule has 3 aromatic heterocycles. The van der Waals surface area contributed by atoms with Gasteiger partial charge in [-0.1, -0.05) is 6.07 Å². The molecule has 0 unspecified atom stereocenters. The zero-order valence-electron chi connectivity index (χ0n) is 18.5. The summed E-state index contributed by atoms with van der Waals surface area (Å²) < 4.78 is 39.7. The minimum Gasteiger partial charge on any atom is -0.467 e. The minimum atomic E-state index is -3.52. The molecule has 3 aromatic rings. The Bertz CT molecular complexity index is 1220. The van der Waals surface area contributed by atoms with Gasteiger partial charge in [0, 0.05) is 30.0 Å². The fraction of sp³-hybridized carbons (Fsp3) is 0.391. The first kappa shape index (κ1) is 23.5. The summed E-state index contributed by atoms with van der Waals surface area (Å²) in [7, 11) is -3.52. The van der Waals surface area contributed by atoms with Crippen LogP contribution in [0, 0.1) is 19.8 Å². The average Bonchev–Trinajstić information content (AvgIpc) is 3.57. The number of carbonyl (C=O) groups is 2. The van der Waals surface area contributed by atoms with Gasteiger partial charge in [-0.3, -0.25) is 9.59 Å². The van der Waals surface area contributed by atoms with Gasteiger partial charge < -0.3 is 13.7 Å². The van der Waals surface area contributed by atoms with Crippen LogP contribution in [0.1, 0.15) is 40.3 Å². The first-order valence-corrected chi connectivity index (χ1v) is 13.0. The number of esters is 1. The van der Waals surface area contributed by atoms with Crippen LogP contribution < -0.4 is 0 Å². The molecule has 10 heteroatoms. The molecule has 0 aromatic carbocycles. The van der Waals surface area contributed by atoms with Crippen molar-refractivity contribution in [1.82, 2.24) is 8.87 Å². The van der Waals surface area contributed by atoms with Gasteiger partial charge in [0.15, 0.2) is 6.61 Å². The molecule has 0 amide bonds. The molecule has 4 heterocycles. The number of hydrogen-bond acceptors (Lipinski definition) is 7. The number of aryl methyl sites for hydroxylation is 1. The molecular formula is C23H26N2O6S2. The second kappa shape index (κ2) is 9.66. The van der Waals surface area contributed by atoms with E-state index in [0.29, 0.717) is 29.2 Å². The Morgan fingerprint density at radius 2 is 1.94 bits per heavy atom. The van der Waals surface area contributed by atoms with Crippen LogP contribution in [0.2, 0.25) is 0 Å². The monoisotopic (exact) mass is 490 g/mol. The molecule has 0 spiro atoms. The van der Waals surface area contributed by atoms with E-state index in [2.05, 4.69) is 0 Å². The number of carbonyl (C=O) groups excluding carboxylic acids is 2. The highest BCUT2D eigenvalue weighted by Crippen LogP contribution is 2.27. The Hall–Kier alpha value is -2.69. The van der Waals surface area contributed by atoms with Crippen molar-refractivity contribution in [2.24, 2.45) is 5.92 Å². The lowest BCUT2D eigenvalue weighted by Crippen LogP contribution is -2.40. The van der Waals surface area contributed by atoms with Gasteiger partial charge in [0.05, 0.1) is 18.7 Å². The molecule has 33 heavy (non-hydrogen) atoms. The third-order valence-electron chi connectivity index (χ3n) is 5.99. The van der Waals surface area contributed by atoms with Crippen molar-refractivity contribution in [2.45, 2.75) is 37.4 Å². The van der Waals surface area contributed by atoms with E-state index in [1.54, 1.807) is 29.8 Å². The van der Waals surface area contributed by atoms with Crippen LogP contribution in [0.3, 0.4) is 0 Å². The number of sulfonamides is 1. The largest absolute Gasteiger partial charge is 0.467 e. The van der Waals surface area contributed by atoms with Gasteiger partial charge in [-0.2, -0.15) is 4.31 Å². The highest BCUT2D eigenvalue weighted by molar-refractivity contribution is 7.91. The lowest BCUT2D eigenvalue weighted by Gasteiger charge is -2.29. The van der Waals surface area contributed by atoms with Crippen LogP contribution in [0.25, 0.3) is 0 Å². The number of rotatable bonds is 8. The van der Waals surface area contributed by atoms with Gasteiger partial charge in [0.25, 0.3) is 10.0 Å². The van der Waals surface area contributed by atoms with E-state index < -0.39 is 21.9 Å². The van der Waals surface area contributed by atoms with Crippen molar-refractivity contribution >= 4 is 33.1 Å². The van der Waals surface area contributed by atoms with Gasteiger partial charge in [0.2, 0.25) is 5.78 Å². The number of aromatic nitrogens is 1. The van der Waals surface area contributed by atoms with E-state index >= 15 is 0 Å². The van der Waals surface area contributed by atoms with Crippen LogP contribution in [0.15, 0.2) is 50.6 Å². The van der Waals surface area contributed by atoms with Crippen molar-refractivity contribution in [2.75, 3.05) is 19.7 Å². The van der Waals surface area contributed by atoms with Crippen LogP contribution in [0.4, 0.5) is 0 Å². The molecule has 1 fully saturated rings. The number of Topliss-reactive ketones (excluding diaryl/α,β-unsaturated/α-hetero) is 1. The molecular weight excluding hydrogens is 464 g/mol. The van der Waals surface area contributed by atoms with Crippen LogP contribution in [0.5, 0.6) is 0 Å². The Morgan fingerprint density at radius 1 is 1.18 bits per heavy atom. The molecule has 176 valence electrons. The SMILES string of the molecule is Cc1cc(C(=O)COC(=O)C2CCN(S(=O)(=O)c3cccs3)CC2)c(C)n1Cc1ccco1. The van der Waals surface area contributed by atoms with E-state index in [1.165, 1.54) is 15.6 Å². The normalized spacial score (nSPS) is 15.6. The van der Waals surface area contributed by atoms with E-state index in [0.717, 1.165) is 17.1 Å². The summed E-state index contributed by atoms with van der Waals surface area (Å²) in [4.78, 5) is 25.3. The highest BCUT2D eigenvalue weighted by Gasteiger charge is 2.33. The third-order valence-corrected chi connectivity index (χ3v) is 9.26. The number of nitrogens with zero attached hydrogens (tertiary/aromatic N) is 2. The standard InChI is InChI=1S/C23H26N2O6S2/c1-16-13-20(17(2)25(16)14-19-5-3-11-30-19)21(26)15-31-23(27)18-7-9-24(10-8-18)33(28,29)22-6-4-12-32-22/h3-6,11-13,18H,7-10,14-15H2,1-2H3. The van der Waals surface area contributed by atoms with Crippen LogP contribution >= 0.6 is 11.3 Å². The van der Waals surface area contributed by atoms with Gasteiger partial charge in [-0.05, 0) is 56.3 Å². The molecule has 0 bridgehead atoms. The zero-order chi connectivity index (χ0) is 23.6. The maximum Gasteiger partial charge on any atom is 0.309 e. The van der Waals surface area contributed by atoms with Gasteiger partial charge in [-0.15, -0.1) is 11.3 Å². The fourth-order valence-corrected chi connectivity index (χ4v) is 6.70. The van der Waals surface area contributed by atoms with E-state index in [4.69, 9.17) is 9.15 Å². The van der Waals surface area contributed by atoms with Crippen LogP contribution in [-0.2, 0) is 26.1 Å². The molecule has 0 radical (unpaired) electrons. The number of piperidine rings is 1. The Balaban J connectivity index is 1.31. The molecule has 1 aliphatic heterocycles. The molecule has 4 rings (SSSR count). The fourth-order valence-electron chi connectivity index (χ4n) is 4.09. The Labute approximate surface area is 196 Å². The first-order valence-electron chi connectivity index (χ1n) is 10.7. The molecule has 0 aliphatic carbocycles. The van der Waals surface area contributed by atoms with E-state index in [-0.39, 0.29) is 25.5 Å². The summed E-state index contributed by atoms with van der Waals surface area (Å²) in [5.74, 6) is -0.352. The first-order chi connectivity index (χ1) is 15.8. The summed E-state index contributed by atoms with van der Waals surface area (Å²) in [6.45, 7) is 4.46. The predicted octanol–water partition coefficient (Wildman–Crippen LogP) is 3.63. The molecule has 1 saturated heterocycles. The molecule has 8 nitrogen and oxygen atoms in total. The quantitative estimate of drug-likeness (QED) is 0.353. The number of hydrogen-bond donors (Lipinski definition) is 0. The maximum absolute atomic E-state index is 12.7. The van der Waals surface area contributed by atoms with Crippen molar-refractivity contribution < 1.29 is 27.2 Å². The van der Waals surface area contributed by atoms with Crippen molar-refractivity contribution in [3.05, 3.63) is 64.7 Å². The maximum atomic E-state index is 12.7. The Kier molecular flexibility index (Phi) is 6.87. The number of ether oxygens (including phenoxy) is 1. The second-order valence-electron chi connectivity index (χ2n) is 8.09. The summed E-state index contributed by atoms with van der Waals surface area (Å²) in [6, 6.07) is 8.77. The van der Waals surface area contributed by atoms with Crippen LogP contribution in [-0.4, -0.2) is 48.7 Å². The molecule has 1 aliphatic rings. The van der Waals surface area contributed by atoms with E-state index in [9.17, 15) is 18.0 Å². The molecule has 0 N–H and O–H groups in total. The van der Waals surface area contributed by atoms with Gasteiger partial charge in [-0.25, -0.2) is 8.42 Å². The van der Waals surface area contributed by atoms with Crippen molar-refractivity contribution in [3.8, 4) is 0 Å². The summed E-state index contributed by atoms with van der Waals surface area (Å²) in [5, 5.41) is 1.72. The molecule has 0 saturated carbocycles. The summed E-state index contributed by atoms with van der Waals surface area (Å²) in [5.41, 5.74) is 2.22. The molecule has 0 atom stereocenters. The lowest BCUT2D eigenvalue weighted by atomic mass is 9.98. The summed E-state index contributed by atoms with van der Waals surface area (Å²) in [6.07, 6.45) is 2.35. The summed E-state index contributed by atoms with van der Waals surface area (Å²) >= 11 is 1.18. The van der Waals surface area contributed by atoms with Crippen molar-refractivity contribution in [1.29, 1.82) is 0 Å². The predicted molar refractivity (Wildman–Crippen MR) is 123 cm³/mol. The minimum absolute atomic E-state index is 0.252. The lowest BCUT2D eigenvalue weighted by molar-refractivity contribution is -0.148. The van der Waals surface area contributed by atoms with Crippen molar-refractivity contribution in [3.63, 3.8) is 0 Å². The number of furan rings is 1. The van der Waals surface area contributed by atoms with E-state index in [1.807, 2.05) is 30.5 Å². The number of thiophene rings is 1. The zero-order valence-corrected chi connectivity index (χ0v) is 20.2. The number of ketones is 1. The van der Waals surface area contributed by atoms with Gasteiger partial charge in [0.1, 0.15) is 9.97 Å².